The van der Waals surface area contributed by atoms with Crippen molar-refractivity contribution in [1.82, 2.24) is 0 Å². The third kappa shape index (κ3) is 5.53. The van der Waals surface area contributed by atoms with Gasteiger partial charge in [-0.3, -0.25) is 0 Å². The number of hydrogen-bond acceptors (Lipinski definition) is 1. The second kappa shape index (κ2) is 7.96. The van der Waals surface area contributed by atoms with Gasteiger partial charge in [0, 0.05) is 10.0 Å². The summed E-state index contributed by atoms with van der Waals surface area (Å²) >= 11 is 3.51. The summed E-state index contributed by atoms with van der Waals surface area (Å²) in [7, 11) is 0. The SMILES string of the molecule is CCCCCCCCC(C)(N)c1cccc(Br)c1. The Bertz CT molecular complexity index is 347. The van der Waals surface area contributed by atoms with Crippen LogP contribution < -0.4 is 5.73 Å². The monoisotopic (exact) mass is 311 g/mol. The van der Waals surface area contributed by atoms with Crippen LogP contribution in [0.5, 0.6) is 0 Å². The number of benzene rings is 1. The summed E-state index contributed by atoms with van der Waals surface area (Å²) in [6, 6.07) is 8.37. The van der Waals surface area contributed by atoms with E-state index in [1.165, 1.54) is 44.1 Å². The van der Waals surface area contributed by atoms with Gasteiger partial charge in [-0.2, -0.15) is 0 Å². The molecule has 1 nitrogen and oxygen atoms in total. The van der Waals surface area contributed by atoms with E-state index in [0.717, 1.165) is 10.9 Å². The molecule has 0 aliphatic heterocycles. The zero-order valence-corrected chi connectivity index (χ0v) is 13.3. The maximum Gasteiger partial charge on any atom is 0.0381 e. The van der Waals surface area contributed by atoms with Gasteiger partial charge in [0.1, 0.15) is 0 Å². The molecule has 2 N–H and O–H groups in total. The van der Waals surface area contributed by atoms with Crippen LogP contribution in [0.3, 0.4) is 0 Å². The van der Waals surface area contributed by atoms with E-state index in [4.69, 9.17) is 5.73 Å². The number of unbranched alkanes of at least 4 members (excludes halogenated alkanes) is 5. The van der Waals surface area contributed by atoms with Crippen LogP contribution in [-0.4, -0.2) is 0 Å². The Morgan fingerprint density at radius 3 is 2.44 bits per heavy atom. The lowest BCUT2D eigenvalue weighted by Crippen LogP contribution is -2.32. The normalized spacial score (nSPS) is 14.4. The molecule has 0 heterocycles. The van der Waals surface area contributed by atoms with E-state index in [0.29, 0.717) is 0 Å². The molecule has 0 amide bonds. The smallest absolute Gasteiger partial charge is 0.0381 e. The molecular formula is C16H26BrN. The molecule has 0 radical (unpaired) electrons. The minimum absolute atomic E-state index is 0.200. The molecule has 0 fully saturated rings. The molecule has 1 rings (SSSR count). The summed E-state index contributed by atoms with van der Waals surface area (Å²) in [6.45, 7) is 4.39. The molecule has 0 aliphatic carbocycles. The van der Waals surface area contributed by atoms with Crippen molar-refractivity contribution >= 4 is 15.9 Å². The maximum atomic E-state index is 6.43. The minimum atomic E-state index is -0.200. The van der Waals surface area contributed by atoms with Crippen molar-refractivity contribution < 1.29 is 0 Å². The molecule has 1 aromatic rings. The molecule has 0 aliphatic rings. The van der Waals surface area contributed by atoms with Gasteiger partial charge in [-0.25, -0.2) is 0 Å². The molecule has 18 heavy (non-hydrogen) atoms. The Labute approximate surface area is 120 Å². The van der Waals surface area contributed by atoms with Gasteiger partial charge in [0.15, 0.2) is 0 Å². The summed E-state index contributed by atoms with van der Waals surface area (Å²) < 4.78 is 1.11. The van der Waals surface area contributed by atoms with Gasteiger partial charge in [0.2, 0.25) is 0 Å². The van der Waals surface area contributed by atoms with Crippen molar-refractivity contribution in [1.29, 1.82) is 0 Å². The van der Waals surface area contributed by atoms with Crippen LogP contribution in [0, 0.1) is 0 Å². The second-order valence-corrected chi connectivity index (χ2v) is 6.36. The fourth-order valence-electron chi connectivity index (χ4n) is 2.26. The molecule has 0 aromatic heterocycles. The predicted molar refractivity (Wildman–Crippen MR) is 83.7 cm³/mol. The Morgan fingerprint density at radius 2 is 1.78 bits per heavy atom. The van der Waals surface area contributed by atoms with Crippen molar-refractivity contribution in [3.63, 3.8) is 0 Å². The van der Waals surface area contributed by atoms with Crippen molar-refractivity contribution in [2.45, 2.75) is 64.3 Å². The number of nitrogens with two attached hydrogens (primary N) is 1. The largest absolute Gasteiger partial charge is 0.322 e. The topological polar surface area (TPSA) is 26.0 Å². The van der Waals surface area contributed by atoms with Crippen LogP contribution in [0.25, 0.3) is 0 Å². The molecule has 0 saturated carbocycles. The zero-order chi connectivity index (χ0) is 13.4. The third-order valence-corrected chi connectivity index (χ3v) is 4.03. The third-order valence-electron chi connectivity index (χ3n) is 3.53. The molecule has 1 aromatic carbocycles. The lowest BCUT2D eigenvalue weighted by Gasteiger charge is -2.25. The highest BCUT2D eigenvalue weighted by Gasteiger charge is 2.20. The molecule has 0 saturated heterocycles. The highest BCUT2D eigenvalue weighted by atomic mass is 79.9. The molecular weight excluding hydrogens is 286 g/mol. The van der Waals surface area contributed by atoms with Crippen LogP contribution in [0.15, 0.2) is 28.7 Å². The quantitative estimate of drug-likeness (QED) is 0.641. The van der Waals surface area contributed by atoms with Gasteiger partial charge < -0.3 is 5.73 Å². The average molecular weight is 312 g/mol. The molecule has 1 atom stereocenters. The van der Waals surface area contributed by atoms with E-state index in [9.17, 15) is 0 Å². The van der Waals surface area contributed by atoms with E-state index in [2.05, 4.69) is 48.0 Å². The van der Waals surface area contributed by atoms with E-state index < -0.39 is 0 Å². The Morgan fingerprint density at radius 1 is 1.11 bits per heavy atom. The fourth-order valence-corrected chi connectivity index (χ4v) is 2.66. The van der Waals surface area contributed by atoms with E-state index in [-0.39, 0.29) is 5.54 Å². The summed E-state index contributed by atoms with van der Waals surface area (Å²) in [5.74, 6) is 0. The van der Waals surface area contributed by atoms with Gasteiger partial charge >= 0.3 is 0 Å². The standard InChI is InChI=1S/C16H26BrN/c1-3-4-5-6-7-8-12-16(2,18)14-10-9-11-15(17)13-14/h9-11,13H,3-8,12,18H2,1-2H3. The minimum Gasteiger partial charge on any atom is -0.322 e. The molecule has 102 valence electrons. The van der Waals surface area contributed by atoms with Crippen molar-refractivity contribution in [3.8, 4) is 0 Å². The first-order chi connectivity index (χ1) is 8.56. The van der Waals surface area contributed by atoms with Crippen LogP contribution in [0.4, 0.5) is 0 Å². The fraction of sp³-hybridized carbons (Fsp3) is 0.625. The van der Waals surface area contributed by atoms with E-state index in [1.54, 1.807) is 0 Å². The zero-order valence-electron chi connectivity index (χ0n) is 11.7. The highest BCUT2D eigenvalue weighted by Crippen LogP contribution is 2.26. The summed E-state index contributed by atoms with van der Waals surface area (Å²) in [4.78, 5) is 0. The molecule has 1 unspecified atom stereocenters. The number of halogens is 1. The highest BCUT2D eigenvalue weighted by molar-refractivity contribution is 9.10. The molecule has 0 spiro atoms. The Kier molecular flexibility index (Phi) is 6.95. The summed E-state index contributed by atoms with van der Waals surface area (Å²) in [5, 5.41) is 0. The molecule has 0 bridgehead atoms. The van der Waals surface area contributed by atoms with Crippen molar-refractivity contribution in [3.05, 3.63) is 34.3 Å². The Balaban J connectivity index is 2.35. The first-order valence-electron chi connectivity index (χ1n) is 7.11. The van der Waals surface area contributed by atoms with Gasteiger partial charge in [-0.15, -0.1) is 0 Å². The summed E-state index contributed by atoms with van der Waals surface area (Å²) in [6.07, 6.45) is 8.99. The van der Waals surface area contributed by atoms with Gasteiger partial charge in [0.05, 0.1) is 0 Å². The van der Waals surface area contributed by atoms with Crippen LogP contribution >= 0.6 is 15.9 Å². The molecule has 2 heteroatoms. The van der Waals surface area contributed by atoms with Crippen LogP contribution in [-0.2, 0) is 5.54 Å². The van der Waals surface area contributed by atoms with Gasteiger partial charge in [-0.1, -0.05) is 73.5 Å². The Hall–Kier alpha value is -0.340. The van der Waals surface area contributed by atoms with Crippen LogP contribution in [0.2, 0.25) is 0 Å². The first kappa shape index (κ1) is 15.7. The van der Waals surface area contributed by atoms with Crippen LogP contribution in [0.1, 0.15) is 64.4 Å². The predicted octanol–water partition coefficient (Wildman–Crippen LogP) is 5.37. The van der Waals surface area contributed by atoms with E-state index >= 15 is 0 Å². The summed E-state index contributed by atoms with van der Waals surface area (Å²) in [5.41, 5.74) is 7.45. The second-order valence-electron chi connectivity index (χ2n) is 5.45. The number of rotatable bonds is 8. The number of hydrogen-bond donors (Lipinski definition) is 1. The lowest BCUT2D eigenvalue weighted by atomic mass is 9.87. The van der Waals surface area contributed by atoms with Gasteiger partial charge in [-0.05, 0) is 31.0 Å². The van der Waals surface area contributed by atoms with Gasteiger partial charge in [0.25, 0.3) is 0 Å². The van der Waals surface area contributed by atoms with Crippen molar-refractivity contribution in [2.24, 2.45) is 5.73 Å². The first-order valence-corrected chi connectivity index (χ1v) is 7.90. The average Bonchev–Trinajstić information content (AvgIpc) is 2.33. The lowest BCUT2D eigenvalue weighted by molar-refractivity contribution is 0.421. The maximum absolute atomic E-state index is 6.43. The van der Waals surface area contributed by atoms with E-state index in [1.807, 2.05) is 6.07 Å². The van der Waals surface area contributed by atoms with Crippen molar-refractivity contribution in [2.75, 3.05) is 0 Å².